The molecule has 0 unspecified atom stereocenters. The average molecular weight is 315 g/mol. The molecule has 22 heavy (non-hydrogen) atoms. The molecule has 0 bridgehead atoms. The number of aliphatic hydroxyl groups excluding tert-OH is 1. The Morgan fingerprint density at radius 3 is 3.00 bits per heavy atom. The van der Waals surface area contributed by atoms with E-state index in [-0.39, 0.29) is 6.61 Å². The van der Waals surface area contributed by atoms with Crippen LogP contribution < -0.4 is 4.90 Å². The van der Waals surface area contributed by atoms with Gasteiger partial charge in [-0.05, 0) is 24.3 Å². The topological polar surface area (TPSA) is 54.2 Å². The van der Waals surface area contributed by atoms with E-state index in [1.54, 1.807) is 0 Å². The smallest absolute Gasteiger partial charge is 0.0737 e. The molecule has 0 saturated heterocycles. The first-order valence-corrected chi connectivity index (χ1v) is 7.57. The van der Waals surface area contributed by atoms with Crippen LogP contribution in [0, 0.1) is 0 Å². The predicted molar refractivity (Wildman–Crippen MR) is 86.0 cm³/mol. The van der Waals surface area contributed by atoms with Crippen LogP contribution in [0.25, 0.3) is 10.9 Å². The Kier molecular flexibility index (Phi) is 3.24. The molecule has 0 spiro atoms. The zero-order chi connectivity index (χ0) is 15.1. The summed E-state index contributed by atoms with van der Waals surface area (Å²) in [6.07, 6.45) is 3.71. The molecule has 4 rings (SSSR count). The molecule has 6 heteroatoms. The third-order valence-electron chi connectivity index (χ3n) is 4.07. The van der Waals surface area contributed by atoms with Gasteiger partial charge in [0, 0.05) is 34.4 Å². The van der Waals surface area contributed by atoms with E-state index in [4.69, 9.17) is 16.7 Å². The average Bonchev–Trinajstić information content (AvgIpc) is 3.08. The van der Waals surface area contributed by atoms with E-state index in [1.807, 2.05) is 41.3 Å². The van der Waals surface area contributed by atoms with E-state index in [1.165, 1.54) is 11.3 Å². The highest BCUT2D eigenvalue weighted by atomic mass is 35.5. The van der Waals surface area contributed by atoms with Crippen molar-refractivity contribution >= 4 is 28.2 Å². The lowest BCUT2D eigenvalue weighted by Crippen LogP contribution is -2.18. The number of hydrogen-bond donors (Lipinski definition) is 1. The van der Waals surface area contributed by atoms with E-state index in [9.17, 15) is 0 Å². The van der Waals surface area contributed by atoms with Gasteiger partial charge in [0.15, 0.2) is 0 Å². The molecule has 0 fully saturated rings. The van der Waals surface area contributed by atoms with Crippen molar-refractivity contribution in [3.8, 4) is 0 Å². The molecule has 0 amide bonds. The first kappa shape index (κ1) is 13.5. The van der Waals surface area contributed by atoms with E-state index in [2.05, 4.69) is 15.0 Å². The molecular formula is C16H15ClN4O. The highest BCUT2D eigenvalue weighted by molar-refractivity contribution is 6.31. The van der Waals surface area contributed by atoms with E-state index in [0.29, 0.717) is 11.6 Å². The number of aromatic nitrogens is 3. The molecule has 3 heterocycles. The van der Waals surface area contributed by atoms with Gasteiger partial charge in [-0.2, -0.15) is 5.10 Å². The second-order valence-corrected chi connectivity index (χ2v) is 5.85. The van der Waals surface area contributed by atoms with Crippen molar-refractivity contribution in [1.82, 2.24) is 14.8 Å². The fraction of sp³-hybridized carbons (Fsp3) is 0.250. The van der Waals surface area contributed by atoms with Gasteiger partial charge < -0.3 is 10.0 Å². The first-order chi connectivity index (χ1) is 10.8. The SMILES string of the molecule is OCCn1ncc2c1CN(c1ccnc3cc(Cl)ccc13)C2. The summed E-state index contributed by atoms with van der Waals surface area (Å²) in [6, 6.07) is 7.83. The van der Waals surface area contributed by atoms with Crippen molar-refractivity contribution in [3.63, 3.8) is 0 Å². The first-order valence-electron chi connectivity index (χ1n) is 7.20. The van der Waals surface area contributed by atoms with Gasteiger partial charge in [0.25, 0.3) is 0 Å². The molecule has 1 aliphatic heterocycles. The maximum atomic E-state index is 9.12. The Bertz CT molecular complexity index is 845. The van der Waals surface area contributed by atoms with E-state index >= 15 is 0 Å². The fourth-order valence-electron chi connectivity index (χ4n) is 3.05. The van der Waals surface area contributed by atoms with Crippen molar-refractivity contribution < 1.29 is 5.11 Å². The highest BCUT2D eigenvalue weighted by Crippen LogP contribution is 2.33. The molecule has 0 radical (unpaired) electrons. The molecule has 2 aromatic heterocycles. The number of nitrogens with zero attached hydrogens (tertiary/aromatic N) is 4. The van der Waals surface area contributed by atoms with Gasteiger partial charge in [-0.15, -0.1) is 0 Å². The minimum absolute atomic E-state index is 0.102. The Morgan fingerprint density at radius 2 is 2.14 bits per heavy atom. The zero-order valence-corrected chi connectivity index (χ0v) is 12.7. The van der Waals surface area contributed by atoms with Gasteiger partial charge in [0.05, 0.1) is 37.1 Å². The van der Waals surface area contributed by atoms with Crippen molar-refractivity contribution in [2.45, 2.75) is 19.6 Å². The third-order valence-corrected chi connectivity index (χ3v) is 4.31. The molecule has 0 atom stereocenters. The summed E-state index contributed by atoms with van der Waals surface area (Å²) in [4.78, 5) is 6.70. The number of fused-ring (bicyclic) bond motifs is 2. The van der Waals surface area contributed by atoms with Crippen LogP contribution in [-0.2, 0) is 19.6 Å². The number of hydrogen-bond acceptors (Lipinski definition) is 4. The van der Waals surface area contributed by atoms with Crippen LogP contribution in [-0.4, -0.2) is 26.5 Å². The van der Waals surface area contributed by atoms with Crippen LogP contribution in [0.4, 0.5) is 5.69 Å². The van der Waals surface area contributed by atoms with E-state index in [0.717, 1.165) is 29.7 Å². The number of pyridine rings is 1. The molecule has 1 N–H and O–H groups in total. The number of halogens is 1. The summed E-state index contributed by atoms with van der Waals surface area (Å²) in [6.45, 7) is 2.25. The third kappa shape index (κ3) is 2.14. The minimum atomic E-state index is 0.102. The van der Waals surface area contributed by atoms with Gasteiger partial charge in [0.1, 0.15) is 0 Å². The summed E-state index contributed by atoms with van der Waals surface area (Å²) >= 11 is 6.05. The number of anilines is 1. The fourth-order valence-corrected chi connectivity index (χ4v) is 3.21. The minimum Gasteiger partial charge on any atom is -0.394 e. The van der Waals surface area contributed by atoms with Gasteiger partial charge in [-0.25, -0.2) is 0 Å². The Hall–Kier alpha value is -2.11. The summed E-state index contributed by atoms with van der Waals surface area (Å²) in [5, 5.41) is 15.2. The summed E-state index contributed by atoms with van der Waals surface area (Å²) < 4.78 is 1.88. The number of aliphatic hydroxyl groups is 1. The molecule has 3 aromatic rings. The van der Waals surface area contributed by atoms with Crippen molar-refractivity contribution in [2.24, 2.45) is 0 Å². The van der Waals surface area contributed by atoms with Crippen LogP contribution in [0.5, 0.6) is 0 Å². The Balaban J connectivity index is 1.72. The Labute approximate surface area is 132 Å². The van der Waals surface area contributed by atoms with Crippen LogP contribution >= 0.6 is 11.6 Å². The normalized spacial score (nSPS) is 13.8. The van der Waals surface area contributed by atoms with E-state index < -0.39 is 0 Å². The van der Waals surface area contributed by atoms with Crippen molar-refractivity contribution in [3.05, 3.63) is 52.9 Å². The lowest BCUT2D eigenvalue weighted by atomic mass is 10.1. The lowest BCUT2D eigenvalue weighted by Gasteiger charge is -2.20. The van der Waals surface area contributed by atoms with Crippen molar-refractivity contribution in [2.75, 3.05) is 11.5 Å². The molecule has 0 saturated carbocycles. The van der Waals surface area contributed by atoms with Crippen LogP contribution in [0.3, 0.4) is 0 Å². The second kappa shape index (κ2) is 5.26. The molecule has 0 aliphatic carbocycles. The number of rotatable bonds is 3. The molecule has 112 valence electrons. The van der Waals surface area contributed by atoms with Gasteiger partial charge in [-0.1, -0.05) is 11.6 Å². The van der Waals surface area contributed by atoms with Gasteiger partial charge in [0.2, 0.25) is 0 Å². The summed E-state index contributed by atoms with van der Waals surface area (Å²) in [5.41, 5.74) is 4.44. The van der Waals surface area contributed by atoms with Crippen molar-refractivity contribution in [1.29, 1.82) is 0 Å². The predicted octanol–water partition coefficient (Wildman–Crippen LogP) is 2.60. The Morgan fingerprint density at radius 1 is 1.23 bits per heavy atom. The maximum Gasteiger partial charge on any atom is 0.0737 e. The van der Waals surface area contributed by atoms with Crippen LogP contribution in [0.1, 0.15) is 11.3 Å². The molecular weight excluding hydrogens is 300 g/mol. The van der Waals surface area contributed by atoms with Crippen LogP contribution in [0.2, 0.25) is 5.02 Å². The highest BCUT2D eigenvalue weighted by Gasteiger charge is 2.24. The monoisotopic (exact) mass is 314 g/mol. The van der Waals surface area contributed by atoms with Gasteiger partial charge in [-0.3, -0.25) is 9.67 Å². The zero-order valence-electron chi connectivity index (χ0n) is 11.9. The number of benzene rings is 1. The molecule has 5 nitrogen and oxygen atoms in total. The molecule has 1 aliphatic rings. The van der Waals surface area contributed by atoms with Crippen LogP contribution in [0.15, 0.2) is 36.7 Å². The second-order valence-electron chi connectivity index (χ2n) is 5.41. The van der Waals surface area contributed by atoms with Gasteiger partial charge >= 0.3 is 0 Å². The lowest BCUT2D eigenvalue weighted by molar-refractivity contribution is 0.267. The maximum absolute atomic E-state index is 9.12. The standard InChI is InChI=1S/C16H15ClN4O/c17-12-1-2-13-14(7-12)18-4-3-15(13)20-9-11-8-19-21(5-6-22)16(11)10-20/h1-4,7-8,22H,5-6,9-10H2. The quantitative estimate of drug-likeness (QED) is 0.807. The summed E-state index contributed by atoms with van der Waals surface area (Å²) in [5.74, 6) is 0. The largest absolute Gasteiger partial charge is 0.394 e. The summed E-state index contributed by atoms with van der Waals surface area (Å²) in [7, 11) is 0. The molecule has 1 aromatic carbocycles.